The van der Waals surface area contributed by atoms with E-state index in [1.807, 2.05) is 22.9 Å². The quantitative estimate of drug-likeness (QED) is 0.875. The van der Waals surface area contributed by atoms with E-state index in [1.165, 1.54) is 12.8 Å². The third-order valence-electron chi connectivity index (χ3n) is 5.11. The molecule has 23 heavy (non-hydrogen) atoms. The first-order valence-corrected chi connectivity index (χ1v) is 8.45. The third-order valence-corrected chi connectivity index (χ3v) is 5.11. The maximum absolute atomic E-state index is 13.1. The molecule has 5 nitrogen and oxygen atoms in total. The van der Waals surface area contributed by atoms with E-state index in [0.29, 0.717) is 17.5 Å². The highest BCUT2D eigenvalue weighted by atomic mass is 16.2. The van der Waals surface area contributed by atoms with Crippen LogP contribution in [0.2, 0.25) is 0 Å². The summed E-state index contributed by atoms with van der Waals surface area (Å²) in [7, 11) is 0. The second-order valence-electron chi connectivity index (χ2n) is 6.94. The molecule has 0 radical (unpaired) electrons. The predicted molar refractivity (Wildman–Crippen MR) is 88.0 cm³/mol. The van der Waals surface area contributed by atoms with Crippen molar-refractivity contribution in [3.63, 3.8) is 0 Å². The van der Waals surface area contributed by atoms with Gasteiger partial charge in [0.1, 0.15) is 5.69 Å². The van der Waals surface area contributed by atoms with Crippen molar-refractivity contribution in [3.8, 4) is 11.4 Å². The Morgan fingerprint density at radius 3 is 2.83 bits per heavy atom. The number of hydrogen-bond acceptors (Lipinski definition) is 3. The summed E-state index contributed by atoms with van der Waals surface area (Å²) in [5.41, 5.74) is 2.35. The molecule has 1 saturated carbocycles. The molecule has 2 fully saturated rings. The summed E-state index contributed by atoms with van der Waals surface area (Å²) in [5.74, 6) is 0.821. The van der Waals surface area contributed by atoms with Crippen molar-refractivity contribution in [1.82, 2.24) is 19.7 Å². The molecule has 2 atom stereocenters. The Bertz CT molecular complexity index is 736. The molecule has 1 aliphatic carbocycles. The molecule has 0 aromatic carbocycles. The summed E-state index contributed by atoms with van der Waals surface area (Å²) < 4.78 is 1.93. The van der Waals surface area contributed by atoms with Crippen molar-refractivity contribution < 1.29 is 4.79 Å². The SMILES string of the molecule is CC(C)n1nccc1-c1ncccc1C(=O)N1C[C@H]2CC[C@@H]1C2. The first kappa shape index (κ1) is 14.4. The zero-order valence-corrected chi connectivity index (χ0v) is 13.6. The molecule has 0 N–H and O–H groups in total. The lowest BCUT2D eigenvalue weighted by Crippen LogP contribution is -2.38. The molecule has 120 valence electrons. The third kappa shape index (κ3) is 2.35. The number of pyridine rings is 1. The number of piperidine rings is 1. The van der Waals surface area contributed by atoms with Gasteiger partial charge in [0.15, 0.2) is 0 Å². The number of amides is 1. The smallest absolute Gasteiger partial charge is 0.256 e. The summed E-state index contributed by atoms with van der Waals surface area (Å²) in [6.07, 6.45) is 7.12. The largest absolute Gasteiger partial charge is 0.335 e. The zero-order chi connectivity index (χ0) is 16.0. The number of fused-ring (bicyclic) bond motifs is 2. The summed E-state index contributed by atoms with van der Waals surface area (Å²) in [6, 6.07) is 6.34. The molecule has 2 aliphatic rings. The van der Waals surface area contributed by atoms with Crippen LogP contribution in [0.1, 0.15) is 49.5 Å². The Kier molecular flexibility index (Phi) is 3.43. The number of likely N-dealkylation sites (tertiary alicyclic amines) is 1. The van der Waals surface area contributed by atoms with Crippen LogP contribution in [0.15, 0.2) is 30.6 Å². The number of carbonyl (C=O) groups is 1. The van der Waals surface area contributed by atoms with Crippen LogP contribution in [0.3, 0.4) is 0 Å². The van der Waals surface area contributed by atoms with Crippen LogP contribution in [0.5, 0.6) is 0 Å². The van der Waals surface area contributed by atoms with E-state index in [1.54, 1.807) is 12.4 Å². The summed E-state index contributed by atoms with van der Waals surface area (Å²) in [4.78, 5) is 19.7. The van der Waals surface area contributed by atoms with E-state index in [0.717, 1.165) is 24.4 Å². The average Bonchev–Trinajstić information content (AvgIpc) is 3.29. The van der Waals surface area contributed by atoms with Crippen LogP contribution in [0, 0.1) is 5.92 Å². The summed E-state index contributed by atoms with van der Waals surface area (Å²) in [5, 5.41) is 4.38. The van der Waals surface area contributed by atoms with Gasteiger partial charge in [-0.2, -0.15) is 5.10 Å². The van der Waals surface area contributed by atoms with E-state index in [2.05, 4.69) is 28.8 Å². The molecule has 0 unspecified atom stereocenters. The minimum Gasteiger partial charge on any atom is -0.335 e. The van der Waals surface area contributed by atoms with Crippen molar-refractivity contribution in [3.05, 3.63) is 36.2 Å². The van der Waals surface area contributed by atoms with Gasteiger partial charge in [-0.15, -0.1) is 0 Å². The molecule has 2 bridgehead atoms. The first-order valence-electron chi connectivity index (χ1n) is 8.45. The van der Waals surface area contributed by atoms with Crippen LogP contribution in [-0.2, 0) is 0 Å². The molecule has 1 amide bonds. The number of rotatable bonds is 3. The molecule has 1 saturated heterocycles. The number of hydrogen-bond donors (Lipinski definition) is 0. The molecule has 2 aromatic rings. The standard InChI is InChI=1S/C18H22N4O/c1-12(2)22-16(7-9-20-22)17-15(4-3-8-19-17)18(23)21-11-13-5-6-14(21)10-13/h3-4,7-9,12-14H,5-6,10-11H2,1-2H3/t13-,14+/m0/s1. The van der Waals surface area contributed by atoms with Gasteiger partial charge >= 0.3 is 0 Å². The molecule has 3 heterocycles. The highest BCUT2D eigenvalue weighted by Gasteiger charge is 2.41. The van der Waals surface area contributed by atoms with E-state index in [-0.39, 0.29) is 11.9 Å². The lowest BCUT2D eigenvalue weighted by Gasteiger charge is -2.27. The Labute approximate surface area is 136 Å². The van der Waals surface area contributed by atoms with Crippen LogP contribution >= 0.6 is 0 Å². The lowest BCUT2D eigenvalue weighted by atomic mass is 10.1. The van der Waals surface area contributed by atoms with Gasteiger partial charge in [0.25, 0.3) is 5.91 Å². The van der Waals surface area contributed by atoms with E-state index >= 15 is 0 Å². The highest BCUT2D eigenvalue weighted by molar-refractivity contribution is 6.00. The molecular formula is C18H22N4O. The Morgan fingerprint density at radius 2 is 2.13 bits per heavy atom. The van der Waals surface area contributed by atoms with E-state index in [4.69, 9.17) is 0 Å². The minimum absolute atomic E-state index is 0.122. The van der Waals surface area contributed by atoms with Crippen molar-refractivity contribution in [1.29, 1.82) is 0 Å². The fraction of sp³-hybridized carbons (Fsp3) is 0.500. The molecule has 5 heteroatoms. The fourth-order valence-electron chi connectivity index (χ4n) is 4.02. The second kappa shape index (κ2) is 5.48. The van der Waals surface area contributed by atoms with Gasteiger partial charge < -0.3 is 4.90 Å². The molecule has 2 aromatic heterocycles. The predicted octanol–water partition coefficient (Wildman–Crippen LogP) is 3.15. The van der Waals surface area contributed by atoms with Gasteiger partial charge in [-0.3, -0.25) is 14.5 Å². The minimum atomic E-state index is 0.122. The van der Waals surface area contributed by atoms with Crippen molar-refractivity contribution in [2.45, 2.75) is 45.2 Å². The Balaban J connectivity index is 1.73. The number of nitrogens with zero attached hydrogens (tertiary/aromatic N) is 4. The Hall–Kier alpha value is -2.17. The second-order valence-corrected chi connectivity index (χ2v) is 6.94. The van der Waals surface area contributed by atoms with Gasteiger partial charge in [-0.05, 0) is 57.2 Å². The first-order chi connectivity index (χ1) is 11.1. The van der Waals surface area contributed by atoms with Crippen LogP contribution < -0.4 is 0 Å². The zero-order valence-electron chi connectivity index (χ0n) is 13.6. The molecule has 0 spiro atoms. The van der Waals surface area contributed by atoms with Crippen LogP contribution in [0.4, 0.5) is 0 Å². The number of aromatic nitrogens is 3. The van der Waals surface area contributed by atoms with Gasteiger partial charge in [0.05, 0.1) is 11.3 Å². The van der Waals surface area contributed by atoms with Crippen molar-refractivity contribution >= 4 is 5.91 Å². The fourth-order valence-corrected chi connectivity index (χ4v) is 4.02. The van der Waals surface area contributed by atoms with Crippen molar-refractivity contribution in [2.75, 3.05) is 6.54 Å². The van der Waals surface area contributed by atoms with E-state index in [9.17, 15) is 4.79 Å². The maximum Gasteiger partial charge on any atom is 0.256 e. The highest BCUT2D eigenvalue weighted by Crippen LogP contribution is 2.38. The van der Waals surface area contributed by atoms with Crippen LogP contribution in [-0.4, -0.2) is 38.2 Å². The average molecular weight is 310 g/mol. The van der Waals surface area contributed by atoms with Crippen molar-refractivity contribution in [2.24, 2.45) is 5.92 Å². The van der Waals surface area contributed by atoms with E-state index < -0.39 is 0 Å². The lowest BCUT2D eigenvalue weighted by molar-refractivity contribution is 0.0704. The molecular weight excluding hydrogens is 288 g/mol. The topological polar surface area (TPSA) is 51.0 Å². The Morgan fingerprint density at radius 1 is 1.26 bits per heavy atom. The summed E-state index contributed by atoms with van der Waals surface area (Å²) >= 11 is 0. The van der Waals surface area contributed by atoms with Gasteiger partial charge in [0, 0.05) is 31.0 Å². The van der Waals surface area contributed by atoms with Gasteiger partial charge in [0.2, 0.25) is 0 Å². The molecule has 4 rings (SSSR count). The summed E-state index contributed by atoms with van der Waals surface area (Å²) in [6.45, 7) is 5.07. The maximum atomic E-state index is 13.1. The van der Waals surface area contributed by atoms with Gasteiger partial charge in [-0.25, -0.2) is 0 Å². The van der Waals surface area contributed by atoms with Crippen LogP contribution in [0.25, 0.3) is 11.4 Å². The normalized spacial score (nSPS) is 23.0. The monoisotopic (exact) mass is 310 g/mol. The number of carbonyl (C=O) groups excluding carboxylic acids is 1. The molecule has 1 aliphatic heterocycles. The van der Waals surface area contributed by atoms with Gasteiger partial charge in [-0.1, -0.05) is 0 Å².